The van der Waals surface area contributed by atoms with Gasteiger partial charge in [0.25, 0.3) is 0 Å². The van der Waals surface area contributed by atoms with E-state index in [1.54, 1.807) is 0 Å². The summed E-state index contributed by atoms with van der Waals surface area (Å²) in [4.78, 5) is 3.90. The third-order valence-electron chi connectivity index (χ3n) is 2.98. The van der Waals surface area contributed by atoms with Gasteiger partial charge in [0.2, 0.25) is 0 Å². The van der Waals surface area contributed by atoms with Crippen LogP contribution in [0.3, 0.4) is 0 Å². The Morgan fingerprint density at radius 1 is 1.41 bits per heavy atom. The van der Waals surface area contributed by atoms with Gasteiger partial charge in [-0.2, -0.15) is 0 Å². The predicted octanol–water partition coefficient (Wildman–Crippen LogP) is 1.95. The van der Waals surface area contributed by atoms with Gasteiger partial charge >= 0.3 is 0 Å². The van der Waals surface area contributed by atoms with E-state index in [4.69, 9.17) is 4.74 Å². The Morgan fingerprint density at radius 3 is 2.82 bits per heavy atom. The lowest BCUT2D eigenvalue weighted by Crippen LogP contribution is -2.47. The topological polar surface area (TPSA) is 24.5 Å². The van der Waals surface area contributed by atoms with Gasteiger partial charge in [-0.3, -0.25) is 4.90 Å². The molecule has 96 valence electrons. The summed E-state index contributed by atoms with van der Waals surface area (Å²) in [5, 5.41) is 5.62. The van der Waals surface area contributed by atoms with Crippen LogP contribution in [0, 0.1) is 0 Å². The highest BCUT2D eigenvalue weighted by atomic mass is 32.1. The number of nitrogens with one attached hydrogen (secondary N) is 1. The molecule has 17 heavy (non-hydrogen) atoms. The predicted molar refractivity (Wildman–Crippen MR) is 72.5 cm³/mol. The number of ether oxygens (including phenoxy) is 1. The molecule has 0 radical (unpaired) electrons. The lowest BCUT2D eigenvalue weighted by atomic mass is 10.2. The molecule has 1 aromatic heterocycles. The molecule has 1 aliphatic rings. The van der Waals surface area contributed by atoms with Crippen molar-refractivity contribution in [3.63, 3.8) is 0 Å². The molecule has 0 spiro atoms. The molecule has 0 aliphatic carbocycles. The number of nitrogens with zero attached hydrogens (tertiary/aromatic N) is 1. The Morgan fingerprint density at radius 2 is 2.18 bits per heavy atom. The zero-order chi connectivity index (χ0) is 12.1. The minimum absolute atomic E-state index is 0.371. The highest BCUT2D eigenvalue weighted by Gasteiger charge is 2.21. The summed E-state index contributed by atoms with van der Waals surface area (Å²) in [6.45, 7) is 9.59. The first kappa shape index (κ1) is 13.0. The van der Waals surface area contributed by atoms with E-state index in [-0.39, 0.29) is 0 Å². The Labute approximate surface area is 108 Å². The molecule has 0 unspecified atom stereocenters. The van der Waals surface area contributed by atoms with E-state index in [2.05, 4.69) is 41.6 Å². The van der Waals surface area contributed by atoms with E-state index in [1.165, 1.54) is 4.88 Å². The summed E-state index contributed by atoms with van der Waals surface area (Å²) < 4.78 is 5.72. The van der Waals surface area contributed by atoms with Crippen molar-refractivity contribution in [3.05, 3.63) is 22.4 Å². The maximum atomic E-state index is 5.72. The Kier molecular flexibility index (Phi) is 4.98. The summed E-state index contributed by atoms with van der Waals surface area (Å²) in [7, 11) is 0. The summed E-state index contributed by atoms with van der Waals surface area (Å²) in [6.07, 6.45) is 0.743. The summed E-state index contributed by atoms with van der Waals surface area (Å²) >= 11 is 1.81. The number of rotatable bonds is 5. The molecule has 0 amide bonds. The van der Waals surface area contributed by atoms with E-state index in [9.17, 15) is 0 Å². The smallest absolute Gasteiger partial charge is 0.0678 e. The van der Waals surface area contributed by atoms with Crippen LogP contribution in [0.2, 0.25) is 0 Å². The largest absolute Gasteiger partial charge is 0.373 e. The van der Waals surface area contributed by atoms with Crippen molar-refractivity contribution in [3.8, 4) is 0 Å². The average Bonchev–Trinajstić information content (AvgIpc) is 2.76. The van der Waals surface area contributed by atoms with Gasteiger partial charge < -0.3 is 10.1 Å². The van der Waals surface area contributed by atoms with Crippen LogP contribution in [0.4, 0.5) is 0 Å². The van der Waals surface area contributed by atoms with Gasteiger partial charge in [-0.25, -0.2) is 0 Å². The standard InChI is InChI=1S/C13H22N2OS/c1-11-9-15(10-12(2)16-11)6-5-14-8-13-4-3-7-17-13/h3-4,7,11-12,14H,5-6,8-10H2,1-2H3/t11-,12+. The molecular weight excluding hydrogens is 232 g/mol. The van der Waals surface area contributed by atoms with Gasteiger partial charge in [0, 0.05) is 37.6 Å². The van der Waals surface area contributed by atoms with Crippen LogP contribution < -0.4 is 5.32 Å². The lowest BCUT2D eigenvalue weighted by Gasteiger charge is -2.35. The molecule has 4 heteroatoms. The maximum Gasteiger partial charge on any atom is 0.0678 e. The second kappa shape index (κ2) is 6.50. The fourth-order valence-corrected chi connectivity index (χ4v) is 3.00. The molecule has 0 aromatic carbocycles. The quantitative estimate of drug-likeness (QED) is 0.813. The van der Waals surface area contributed by atoms with Crippen molar-refractivity contribution in [1.82, 2.24) is 10.2 Å². The molecule has 1 aromatic rings. The van der Waals surface area contributed by atoms with Gasteiger partial charge in [0.1, 0.15) is 0 Å². The SMILES string of the molecule is C[C@@H]1CN(CCNCc2cccs2)C[C@H](C)O1. The molecule has 3 nitrogen and oxygen atoms in total. The highest BCUT2D eigenvalue weighted by molar-refractivity contribution is 7.09. The molecular formula is C13H22N2OS. The number of thiophene rings is 1. The van der Waals surface area contributed by atoms with Crippen LogP contribution in [0.5, 0.6) is 0 Å². The Hall–Kier alpha value is -0.420. The molecule has 1 aliphatic heterocycles. The minimum Gasteiger partial charge on any atom is -0.373 e. The van der Waals surface area contributed by atoms with E-state index in [0.29, 0.717) is 12.2 Å². The lowest BCUT2D eigenvalue weighted by molar-refractivity contribution is -0.0674. The van der Waals surface area contributed by atoms with Gasteiger partial charge in [-0.15, -0.1) is 11.3 Å². The highest BCUT2D eigenvalue weighted by Crippen LogP contribution is 2.10. The summed E-state index contributed by atoms with van der Waals surface area (Å²) in [5.41, 5.74) is 0. The third-order valence-corrected chi connectivity index (χ3v) is 3.86. The molecule has 1 fully saturated rings. The van der Waals surface area contributed by atoms with Crippen LogP contribution in [-0.4, -0.2) is 43.3 Å². The average molecular weight is 254 g/mol. The number of hydrogen-bond donors (Lipinski definition) is 1. The van der Waals surface area contributed by atoms with E-state index >= 15 is 0 Å². The van der Waals surface area contributed by atoms with E-state index in [0.717, 1.165) is 32.7 Å². The van der Waals surface area contributed by atoms with Crippen LogP contribution in [0.15, 0.2) is 17.5 Å². The first-order valence-electron chi connectivity index (χ1n) is 6.35. The molecule has 0 saturated carbocycles. The van der Waals surface area contributed by atoms with E-state index in [1.807, 2.05) is 11.3 Å². The van der Waals surface area contributed by atoms with Crippen LogP contribution >= 0.6 is 11.3 Å². The summed E-state index contributed by atoms with van der Waals surface area (Å²) in [6, 6.07) is 4.28. The third kappa shape index (κ3) is 4.39. The van der Waals surface area contributed by atoms with Gasteiger partial charge in [-0.1, -0.05) is 6.07 Å². The molecule has 2 atom stereocenters. The minimum atomic E-state index is 0.371. The Bertz CT molecular complexity index is 305. The van der Waals surface area contributed by atoms with Crippen molar-refractivity contribution >= 4 is 11.3 Å². The second-order valence-electron chi connectivity index (χ2n) is 4.77. The first-order chi connectivity index (χ1) is 8.24. The van der Waals surface area contributed by atoms with E-state index < -0.39 is 0 Å². The van der Waals surface area contributed by atoms with Crippen molar-refractivity contribution < 1.29 is 4.74 Å². The fourth-order valence-electron chi connectivity index (χ4n) is 2.33. The Balaban J connectivity index is 1.61. The molecule has 1 saturated heterocycles. The van der Waals surface area contributed by atoms with Gasteiger partial charge in [0.05, 0.1) is 12.2 Å². The number of morpholine rings is 1. The molecule has 1 N–H and O–H groups in total. The van der Waals surface area contributed by atoms with Crippen LogP contribution in [0.25, 0.3) is 0 Å². The van der Waals surface area contributed by atoms with Crippen molar-refractivity contribution in [2.75, 3.05) is 26.2 Å². The van der Waals surface area contributed by atoms with Gasteiger partial charge in [-0.05, 0) is 25.3 Å². The van der Waals surface area contributed by atoms with Gasteiger partial charge in [0.15, 0.2) is 0 Å². The fraction of sp³-hybridized carbons (Fsp3) is 0.692. The van der Waals surface area contributed by atoms with Crippen molar-refractivity contribution in [2.45, 2.75) is 32.6 Å². The molecule has 2 heterocycles. The zero-order valence-electron chi connectivity index (χ0n) is 10.7. The normalized spacial score (nSPS) is 26.2. The van der Waals surface area contributed by atoms with Crippen molar-refractivity contribution in [1.29, 1.82) is 0 Å². The summed E-state index contributed by atoms with van der Waals surface area (Å²) in [5.74, 6) is 0. The first-order valence-corrected chi connectivity index (χ1v) is 7.23. The number of hydrogen-bond acceptors (Lipinski definition) is 4. The molecule has 2 rings (SSSR count). The molecule has 0 bridgehead atoms. The maximum absolute atomic E-state index is 5.72. The monoisotopic (exact) mass is 254 g/mol. The zero-order valence-corrected chi connectivity index (χ0v) is 11.5. The van der Waals surface area contributed by atoms with Crippen molar-refractivity contribution in [2.24, 2.45) is 0 Å². The second-order valence-corrected chi connectivity index (χ2v) is 5.81. The van der Waals surface area contributed by atoms with Crippen LogP contribution in [0.1, 0.15) is 18.7 Å². The van der Waals surface area contributed by atoms with Crippen LogP contribution in [-0.2, 0) is 11.3 Å².